The van der Waals surface area contributed by atoms with Gasteiger partial charge in [-0.15, -0.1) is 0 Å². The number of hydrogen-bond acceptors (Lipinski definition) is 2. The zero-order valence-corrected chi connectivity index (χ0v) is 18.9. The summed E-state index contributed by atoms with van der Waals surface area (Å²) in [4.78, 5) is 23.2. The summed E-state index contributed by atoms with van der Waals surface area (Å²) >= 11 is 0. The van der Waals surface area contributed by atoms with Crippen molar-refractivity contribution in [3.05, 3.63) is 83.9 Å². The molecule has 0 saturated heterocycles. The lowest BCUT2D eigenvalue weighted by Crippen LogP contribution is -2.27. The molecule has 3 atom stereocenters. The van der Waals surface area contributed by atoms with Crippen LogP contribution in [0, 0.1) is 0 Å². The van der Waals surface area contributed by atoms with Crippen LogP contribution in [0.25, 0.3) is 10.8 Å². The Hall–Kier alpha value is -2.42. The molecule has 5 heteroatoms. The fraction of sp³-hybridized carbons (Fsp3) is 0.346. The van der Waals surface area contributed by atoms with Crippen molar-refractivity contribution in [2.24, 2.45) is 0 Å². The van der Waals surface area contributed by atoms with Gasteiger partial charge in [-0.05, 0) is 41.2 Å². The Bertz CT molecular complexity index is 1050. The number of carbonyl (C=O) groups is 1. The standard InChI is InChI=1S/C26H31O4P/c1-2-3-15-24(25(26(27)28)22-12-5-4-6-13-22)31(29,30)18-9-10-20-16-17-21-11-7-8-14-23(21)19-20/h4-8,11-14,16-17,19,24-25H,2-3,9-10,15,18H2,1H3,(H,27,28)(H,29,30). The van der Waals surface area contributed by atoms with Gasteiger partial charge in [0.05, 0.1) is 11.6 Å². The molecule has 31 heavy (non-hydrogen) atoms. The Morgan fingerprint density at radius 1 is 0.935 bits per heavy atom. The highest BCUT2D eigenvalue weighted by atomic mass is 31.2. The van der Waals surface area contributed by atoms with Crippen LogP contribution in [-0.4, -0.2) is 27.8 Å². The predicted octanol–water partition coefficient (Wildman–Crippen LogP) is 6.47. The summed E-state index contributed by atoms with van der Waals surface area (Å²) in [7, 11) is -3.67. The fourth-order valence-corrected chi connectivity index (χ4v) is 6.57. The maximum Gasteiger partial charge on any atom is 0.311 e. The Morgan fingerprint density at radius 3 is 2.29 bits per heavy atom. The van der Waals surface area contributed by atoms with Crippen molar-refractivity contribution in [3.63, 3.8) is 0 Å². The largest absolute Gasteiger partial charge is 0.481 e. The summed E-state index contributed by atoms with van der Waals surface area (Å²) in [5.74, 6) is -2.00. The van der Waals surface area contributed by atoms with Gasteiger partial charge in [-0.2, -0.15) is 0 Å². The molecule has 0 aromatic heterocycles. The number of hydrogen-bond donors (Lipinski definition) is 2. The van der Waals surface area contributed by atoms with E-state index >= 15 is 0 Å². The van der Waals surface area contributed by atoms with E-state index in [4.69, 9.17) is 0 Å². The van der Waals surface area contributed by atoms with E-state index in [1.165, 1.54) is 5.39 Å². The molecule has 0 saturated carbocycles. The molecule has 0 spiro atoms. The highest BCUT2D eigenvalue weighted by Crippen LogP contribution is 2.54. The van der Waals surface area contributed by atoms with Crippen molar-refractivity contribution in [1.29, 1.82) is 0 Å². The van der Waals surface area contributed by atoms with Gasteiger partial charge in [-0.1, -0.05) is 92.6 Å². The summed E-state index contributed by atoms with van der Waals surface area (Å²) in [6, 6.07) is 23.3. The lowest BCUT2D eigenvalue weighted by Gasteiger charge is -2.29. The highest BCUT2D eigenvalue weighted by molar-refractivity contribution is 7.58. The third kappa shape index (κ3) is 6.06. The zero-order valence-electron chi connectivity index (χ0n) is 18.0. The molecular formula is C26H31O4P. The van der Waals surface area contributed by atoms with Gasteiger partial charge in [-0.25, -0.2) is 0 Å². The average molecular weight is 439 g/mol. The van der Waals surface area contributed by atoms with Crippen LogP contribution in [-0.2, 0) is 15.8 Å². The van der Waals surface area contributed by atoms with E-state index in [9.17, 15) is 19.4 Å². The second-order valence-electron chi connectivity index (χ2n) is 8.20. The normalized spacial score (nSPS) is 15.3. The Kier molecular flexibility index (Phi) is 8.06. The van der Waals surface area contributed by atoms with Crippen molar-refractivity contribution >= 4 is 24.1 Å². The highest BCUT2D eigenvalue weighted by Gasteiger charge is 2.41. The molecule has 0 amide bonds. The molecule has 0 radical (unpaired) electrons. The summed E-state index contributed by atoms with van der Waals surface area (Å²) in [6.07, 6.45) is 3.40. The van der Waals surface area contributed by atoms with E-state index in [1.807, 2.05) is 25.1 Å². The molecule has 3 aromatic carbocycles. The molecule has 0 bridgehead atoms. The molecule has 2 N–H and O–H groups in total. The van der Waals surface area contributed by atoms with Crippen molar-refractivity contribution in [2.75, 3.05) is 6.16 Å². The molecule has 0 aliphatic rings. The number of carboxylic acid groups (broad SMARTS) is 1. The van der Waals surface area contributed by atoms with Crippen LogP contribution < -0.4 is 0 Å². The van der Waals surface area contributed by atoms with Gasteiger partial charge in [-0.3, -0.25) is 9.36 Å². The average Bonchev–Trinajstić information content (AvgIpc) is 2.76. The maximum absolute atomic E-state index is 13.4. The first kappa shape index (κ1) is 23.2. The van der Waals surface area contributed by atoms with Crippen LogP contribution in [0.2, 0.25) is 0 Å². The van der Waals surface area contributed by atoms with Gasteiger partial charge in [0.15, 0.2) is 0 Å². The molecule has 3 unspecified atom stereocenters. The van der Waals surface area contributed by atoms with Crippen LogP contribution in [0.5, 0.6) is 0 Å². The topological polar surface area (TPSA) is 74.6 Å². The Labute approximate surface area is 184 Å². The third-order valence-electron chi connectivity index (χ3n) is 5.94. The molecule has 3 rings (SSSR count). The summed E-state index contributed by atoms with van der Waals surface area (Å²) in [5.41, 5.74) is 0.950. The lowest BCUT2D eigenvalue weighted by molar-refractivity contribution is -0.139. The summed E-state index contributed by atoms with van der Waals surface area (Å²) in [5, 5.41) is 12.3. The van der Waals surface area contributed by atoms with E-state index in [0.717, 1.165) is 23.8 Å². The fourth-order valence-electron chi connectivity index (χ4n) is 4.27. The van der Waals surface area contributed by atoms with E-state index in [-0.39, 0.29) is 6.16 Å². The van der Waals surface area contributed by atoms with Gasteiger partial charge >= 0.3 is 5.97 Å². The van der Waals surface area contributed by atoms with Crippen LogP contribution in [0.3, 0.4) is 0 Å². The van der Waals surface area contributed by atoms with Gasteiger partial charge in [0, 0.05) is 6.16 Å². The third-order valence-corrected chi connectivity index (χ3v) is 8.49. The zero-order chi connectivity index (χ0) is 22.3. The SMILES string of the molecule is CCCCC(C(C(=O)O)c1ccccc1)P(=O)(O)CCCc1ccc2ccccc2c1. The van der Waals surface area contributed by atoms with Crippen molar-refractivity contribution in [3.8, 4) is 0 Å². The van der Waals surface area contributed by atoms with E-state index in [2.05, 4.69) is 30.3 Å². The van der Waals surface area contributed by atoms with Crippen molar-refractivity contribution in [2.45, 2.75) is 50.6 Å². The van der Waals surface area contributed by atoms with E-state index in [1.54, 1.807) is 24.3 Å². The van der Waals surface area contributed by atoms with Gasteiger partial charge < -0.3 is 10.00 Å². The number of rotatable bonds is 11. The number of benzene rings is 3. The second-order valence-corrected chi connectivity index (χ2v) is 10.8. The lowest BCUT2D eigenvalue weighted by atomic mass is 9.93. The smallest absolute Gasteiger partial charge is 0.311 e. The summed E-state index contributed by atoms with van der Waals surface area (Å²) in [6.45, 7) is 2.01. The van der Waals surface area contributed by atoms with Crippen LogP contribution in [0.4, 0.5) is 0 Å². The number of carboxylic acids is 1. The number of unbranched alkanes of at least 4 members (excludes halogenated alkanes) is 1. The van der Waals surface area contributed by atoms with Gasteiger partial charge in [0.1, 0.15) is 0 Å². The predicted molar refractivity (Wildman–Crippen MR) is 127 cm³/mol. The molecule has 0 aliphatic heterocycles. The van der Waals surface area contributed by atoms with Crippen LogP contribution >= 0.6 is 7.37 Å². The molecular weight excluding hydrogens is 407 g/mol. The molecule has 3 aromatic rings. The van der Waals surface area contributed by atoms with Crippen LogP contribution in [0.15, 0.2) is 72.8 Å². The first-order chi connectivity index (χ1) is 14.9. The van der Waals surface area contributed by atoms with Gasteiger partial charge in [0.2, 0.25) is 7.37 Å². The Balaban J connectivity index is 1.75. The first-order valence-electron chi connectivity index (χ1n) is 11.0. The molecule has 0 fully saturated rings. The van der Waals surface area contributed by atoms with E-state index < -0.39 is 24.9 Å². The monoisotopic (exact) mass is 438 g/mol. The number of aliphatic carboxylic acids is 1. The molecule has 0 heterocycles. The number of fused-ring (bicyclic) bond motifs is 1. The molecule has 0 aliphatic carbocycles. The van der Waals surface area contributed by atoms with E-state index in [0.29, 0.717) is 24.8 Å². The maximum atomic E-state index is 13.4. The molecule has 4 nitrogen and oxygen atoms in total. The quantitative estimate of drug-likeness (QED) is 0.337. The van der Waals surface area contributed by atoms with Crippen molar-refractivity contribution in [1.82, 2.24) is 0 Å². The first-order valence-corrected chi connectivity index (χ1v) is 12.9. The molecule has 164 valence electrons. The second kappa shape index (κ2) is 10.7. The van der Waals surface area contributed by atoms with Crippen molar-refractivity contribution < 1.29 is 19.4 Å². The Morgan fingerprint density at radius 2 is 1.61 bits per heavy atom. The minimum Gasteiger partial charge on any atom is -0.481 e. The minimum absolute atomic E-state index is 0.130. The number of aryl methyl sites for hydroxylation is 1. The minimum atomic E-state index is -3.67. The van der Waals surface area contributed by atoms with Gasteiger partial charge in [0.25, 0.3) is 0 Å². The van der Waals surface area contributed by atoms with Crippen LogP contribution in [0.1, 0.15) is 49.7 Å². The summed E-state index contributed by atoms with van der Waals surface area (Å²) < 4.78 is 13.4.